The molecule has 0 aliphatic carbocycles. The number of carbonyl (C=O) groups excluding carboxylic acids is 1. The van der Waals surface area contributed by atoms with E-state index in [1.807, 2.05) is 21.7 Å². The van der Waals surface area contributed by atoms with Crippen molar-refractivity contribution in [2.75, 3.05) is 11.4 Å². The van der Waals surface area contributed by atoms with Crippen molar-refractivity contribution in [3.05, 3.63) is 16.8 Å². The van der Waals surface area contributed by atoms with E-state index in [1.165, 1.54) is 0 Å². The van der Waals surface area contributed by atoms with E-state index < -0.39 is 0 Å². The van der Waals surface area contributed by atoms with Crippen LogP contribution in [0.25, 0.3) is 0 Å². The van der Waals surface area contributed by atoms with Gasteiger partial charge in [0.1, 0.15) is 0 Å². The molecular weight excluding hydrogens is 158 g/mol. The summed E-state index contributed by atoms with van der Waals surface area (Å²) in [6, 6.07) is 1.99. The topological polar surface area (TPSA) is 20.3 Å². The molecule has 1 aromatic heterocycles. The van der Waals surface area contributed by atoms with Crippen molar-refractivity contribution in [2.45, 2.75) is 12.8 Å². The zero-order chi connectivity index (χ0) is 7.68. The van der Waals surface area contributed by atoms with Crippen LogP contribution in [0.2, 0.25) is 0 Å². The Kier molecular flexibility index (Phi) is 1.66. The van der Waals surface area contributed by atoms with Gasteiger partial charge in [0.05, 0.1) is 5.69 Å². The minimum atomic E-state index is 0.267. The van der Waals surface area contributed by atoms with Crippen LogP contribution in [0.15, 0.2) is 16.8 Å². The summed E-state index contributed by atoms with van der Waals surface area (Å²) in [6.45, 7) is 0.898. The molecule has 11 heavy (non-hydrogen) atoms. The third-order valence-corrected chi connectivity index (χ3v) is 2.56. The average Bonchev–Trinajstić information content (AvgIpc) is 2.55. The van der Waals surface area contributed by atoms with Crippen LogP contribution in [0, 0.1) is 0 Å². The van der Waals surface area contributed by atoms with Gasteiger partial charge in [-0.1, -0.05) is 0 Å². The number of carbonyl (C=O) groups is 1. The quantitative estimate of drug-likeness (QED) is 0.625. The molecule has 0 aromatic carbocycles. The fourth-order valence-electron chi connectivity index (χ4n) is 1.33. The monoisotopic (exact) mass is 167 g/mol. The van der Waals surface area contributed by atoms with E-state index in [1.54, 1.807) is 11.3 Å². The van der Waals surface area contributed by atoms with Gasteiger partial charge in [-0.3, -0.25) is 4.79 Å². The summed E-state index contributed by atoms with van der Waals surface area (Å²) in [5.41, 5.74) is 1.07. The maximum atomic E-state index is 11.2. The Bertz CT molecular complexity index is 255. The van der Waals surface area contributed by atoms with Crippen LogP contribution >= 0.6 is 11.3 Å². The van der Waals surface area contributed by atoms with Gasteiger partial charge in [-0.05, 0) is 17.9 Å². The Balaban J connectivity index is 2.23. The molecule has 2 nitrogen and oxygen atoms in total. The number of rotatable bonds is 1. The maximum Gasteiger partial charge on any atom is 0.227 e. The van der Waals surface area contributed by atoms with Crippen LogP contribution in [0.1, 0.15) is 12.8 Å². The van der Waals surface area contributed by atoms with Crippen molar-refractivity contribution in [3.63, 3.8) is 0 Å². The van der Waals surface area contributed by atoms with Gasteiger partial charge < -0.3 is 4.90 Å². The number of hydrogen-bond acceptors (Lipinski definition) is 2. The highest BCUT2D eigenvalue weighted by Crippen LogP contribution is 2.23. The van der Waals surface area contributed by atoms with Gasteiger partial charge in [-0.25, -0.2) is 0 Å². The Morgan fingerprint density at radius 1 is 1.55 bits per heavy atom. The molecule has 3 heteroatoms. The zero-order valence-electron chi connectivity index (χ0n) is 6.12. The van der Waals surface area contributed by atoms with Crippen molar-refractivity contribution in [1.82, 2.24) is 0 Å². The molecule has 1 aliphatic rings. The van der Waals surface area contributed by atoms with Crippen molar-refractivity contribution in [1.29, 1.82) is 0 Å². The molecule has 0 unspecified atom stereocenters. The van der Waals surface area contributed by atoms with Crippen LogP contribution in [0.5, 0.6) is 0 Å². The molecule has 1 saturated heterocycles. The first-order chi connectivity index (χ1) is 5.38. The molecule has 0 bridgehead atoms. The normalized spacial score (nSPS) is 17.8. The third-order valence-electron chi connectivity index (χ3n) is 1.89. The molecule has 2 rings (SSSR count). The predicted octanol–water partition coefficient (Wildman–Crippen LogP) is 1.87. The van der Waals surface area contributed by atoms with Gasteiger partial charge in [0.25, 0.3) is 0 Å². The van der Waals surface area contributed by atoms with E-state index >= 15 is 0 Å². The van der Waals surface area contributed by atoms with Crippen molar-refractivity contribution in [3.8, 4) is 0 Å². The first-order valence-electron chi connectivity index (χ1n) is 3.70. The van der Waals surface area contributed by atoms with E-state index in [0.717, 1.165) is 25.1 Å². The Hall–Kier alpha value is -0.830. The fraction of sp³-hybridized carbons (Fsp3) is 0.375. The van der Waals surface area contributed by atoms with Gasteiger partial charge in [0, 0.05) is 18.3 Å². The summed E-state index contributed by atoms with van der Waals surface area (Å²) >= 11 is 1.63. The summed E-state index contributed by atoms with van der Waals surface area (Å²) in [4.78, 5) is 13.1. The standard InChI is InChI=1S/C8H9NOS/c10-8-2-1-4-9(8)7-3-5-11-6-7/h3,5-6H,1-2,4H2. The molecule has 0 saturated carbocycles. The lowest BCUT2D eigenvalue weighted by Gasteiger charge is -2.12. The lowest BCUT2D eigenvalue weighted by molar-refractivity contribution is -0.117. The summed E-state index contributed by atoms with van der Waals surface area (Å²) < 4.78 is 0. The molecular formula is C8H9NOS. The lowest BCUT2D eigenvalue weighted by Crippen LogP contribution is -2.22. The Labute approximate surface area is 69.4 Å². The minimum absolute atomic E-state index is 0.267. The van der Waals surface area contributed by atoms with E-state index in [9.17, 15) is 4.79 Å². The number of thiophene rings is 1. The summed E-state index contributed by atoms with van der Waals surface area (Å²) in [7, 11) is 0. The van der Waals surface area contributed by atoms with Gasteiger partial charge in [-0.2, -0.15) is 11.3 Å². The SMILES string of the molecule is O=C1CCCN1c1ccsc1. The number of anilines is 1. The van der Waals surface area contributed by atoms with Gasteiger partial charge in [-0.15, -0.1) is 0 Å². The average molecular weight is 167 g/mol. The highest BCUT2D eigenvalue weighted by molar-refractivity contribution is 7.08. The third kappa shape index (κ3) is 1.16. The van der Waals surface area contributed by atoms with Gasteiger partial charge in [0.2, 0.25) is 5.91 Å². The predicted molar refractivity (Wildman–Crippen MR) is 45.9 cm³/mol. The van der Waals surface area contributed by atoms with E-state index in [0.29, 0.717) is 0 Å². The van der Waals surface area contributed by atoms with Crippen molar-refractivity contribution < 1.29 is 4.79 Å². The second-order valence-electron chi connectivity index (χ2n) is 2.63. The number of hydrogen-bond donors (Lipinski definition) is 0. The van der Waals surface area contributed by atoms with Gasteiger partial charge >= 0.3 is 0 Å². The minimum Gasteiger partial charge on any atom is -0.312 e. The summed E-state index contributed by atoms with van der Waals surface area (Å²) in [5.74, 6) is 0.267. The van der Waals surface area contributed by atoms with Gasteiger partial charge in [0.15, 0.2) is 0 Å². The lowest BCUT2D eigenvalue weighted by atomic mass is 10.4. The molecule has 1 amide bonds. The first kappa shape index (κ1) is 6.85. The smallest absolute Gasteiger partial charge is 0.227 e. The molecule has 1 fully saturated rings. The van der Waals surface area contributed by atoms with E-state index in [2.05, 4.69) is 0 Å². The molecule has 1 aliphatic heterocycles. The Morgan fingerprint density at radius 2 is 2.45 bits per heavy atom. The largest absolute Gasteiger partial charge is 0.312 e. The molecule has 58 valence electrons. The molecule has 2 heterocycles. The maximum absolute atomic E-state index is 11.2. The van der Waals surface area contributed by atoms with Crippen LogP contribution in [0.3, 0.4) is 0 Å². The highest BCUT2D eigenvalue weighted by atomic mass is 32.1. The van der Waals surface area contributed by atoms with Crippen molar-refractivity contribution in [2.24, 2.45) is 0 Å². The van der Waals surface area contributed by atoms with E-state index in [4.69, 9.17) is 0 Å². The molecule has 0 N–H and O–H groups in total. The second-order valence-corrected chi connectivity index (χ2v) is 3.41. The first-order valence-corrected chi connectivity index (χ1v) is 4.65. The van der Waals surface area contributed by atoms with Crippen LogP contribution < -0.4 is 4.90 Å². The van der Waals surface area contributed by atoms with Crippen molar-refractivity contribution >= 4 is 22.9 Å². The van der Waals surface area contributed by atoms with Crippen LogP contribution in [0.4, 0.5) is 5.69 Å². The van der Waals surface area contributed by atoms with E-state index in [-0.39, 0.29) is 5.91 Å². The summed E-state index contributed by atoms with van der Waals surface area (Å²) in [6.07, 6.45) is 1.73. The molecule has 0 atom stereocenters. The number of nitrogens with zero attached hydrogens (tertiary/aromatic N) is 1. The zero-order valence-corrected chi connectivity index (χ0v) is 6.93. The number of amides is 1. The molecule has 0 spiro atoms. The second kappa shape index (κ2) is 2.66. The molecule has 1 aromatic rings. The molecule has 0 radical (unpaired) electrons. The highest BCUT2D eigenvalue weighted by Gasteiger charge is 2.21. The Morgan fingerprint density at radius 3 is 3.00 bits per heavy atom. The fourth-order valence-corrected chi connectivity index (χ4v) is 1.97. The van der Waals surface area contributed by atoms with Crippen LogP contribution in [-0.2, 0) is 4.79 Å². The summed E-state index contributed by atoms with van der Waals surface area (Å²) in [5, 5.41) is 4.02. The van der Waals surface area contributed by atoms with Crippen LogP contribution in [-0.4, -0.2) is 12.5 Å².